The Hall–Kier alpha value is -4.63. The van der Waals surface area contributed by atoms with Crippen LogP contribution < -0.4 is 10.1 Å². The van der Waals surface area contributed by atoms with E-state index in [-0.39, 0.29) is 0 Å². The molecular formula is C30H27N5O. The van der Waals surface area contributed by atoms with Crippen molar-refractivity contribution < 1.29 is 4.74 Å². The lowest BCUT2D eigenvalue weighted by atomic mass is 10.0. The average Bonchev–Trinajstić information content (AvgIpc) is 3.41. The highest BCUT2D eigenvalue weighted by molar-refractivity contribution is 5.91. The summed E-state index contributed by atoms with van der Waals surface area (Å²) in [5, 5.41) is 14.4. The van der Waals surface area contributed by atoms with E-state index in [0.29, 0.717) is 12.2 Å². The molecule has 5 aromatic rings. The average molecular weight is 474 g/mol. The minimum atomic E-state index is 0.495. The molecule has 0 spiro atoms. The number of hydrogen-bond donors (Lipinski definition) is 2. The topological polar surface area (TPSA) is 86.6 Å². The molecule has 0 unspecified atom stereocenters. The van der Waals surface area contributed by atoms with Gasteiger partial charge in [-0.2, -0.15) is 5.26 Å². The van der Waals surface area contributed by atoms with Crippen LogP contribution in [0.2, 0.25) is 0 Å². The van der Waals surface area contributed by atoms with Gasteiger partial charge in [-0.05, 0) is 79.8 Å². The Morgan fingerprint density at radius 2 is 1.89 bits per heavy atom. The Morgan fingerprint density at radius 3 is 2.69 bits per heavy atom. The number of nitrogens with one attached hydrogen (secondary N) is 2. The van der Waals surface area contributed by atoms with Crippen LogP contribution in [-0.4, -0.2) is 21.6 Å². The van der Waals surface area contributed by atoms with Crippen molar-refractivity contribution in [2.75, 3.05) is 11.9 Å². The standard InChI is InChI=1S/C30H27N5O/c1-21-26-14-16-34-29(26)13-12-28(21)35-30-23(18-31)19-32-20-27(30)22-8-10-25(11-9-22)36-17-5-3-7-24-6-2-4-15-33-24/h2,4,6,8-16,19-20,34H,3,5,7,17H2,1H3,(H,32,35). The van der Waals surface area contributed by atoms with Crippen molar-refractivity contribution in [2.45, 2.75) is 26.2 Å². The third-order valence-electron chi connectivity index (χ3n) is 6.32. The van der Waals surface area contributed by atoms with E-state index < -0.39 is 0 Å². The predicted octanol–water partition coefficient (Wildman–Crippen LogP) is 6.95. The van der Waals surface area contributed by atoms with E-state index in [1.807, 2.05) is 60.9 Å². The fourth-order valence-electron chi connectivity index (χ4n) is 4.33. The number of nitriles is 1. The SMILES string of the molecule is Cc1c(Nc2c(C#N)cncc2-c2ccc(OCCCCc3ccccn3)cc2)ccc2[nH]ccc12. The second-order valence-corrected chi connectivity index (χ2v) is 8.67. The molecule has 0 amide bonds. The van der Waals surface area contributed by atoms with Crippen molar-refractivity contribution in [3.63, 3.8) is 0 Å². The maximum Gasteiger partial charge on any atom is 0.119 e. The number of pyridine rings is 2. The van der Waals surface area contributed by atoms with Crippen molar-refractivity contribution in [2.24, 2.45) is 0 Å². The van der Waals surface area contributed by atoms with E-state index in [4.69, 9.17) is 4.74 Å². The summed E-state index contributed by atoms with van der Waals surface area (Å²) in [7, 11) is 0. The Kier molecular flexibility index (Phi) is 6.90. The zero-order chi connectivity index (χ0) is 24.7. The number of anilines is 2. The van der Waals surface area contributed by atoms with Gasteiger partial charge in [0, 0.05) is 52.6 Å². The van der Waals surface area contributed by atoms with Crippen molar-refractivity contribution in [1.29, 1.82) is 5.26 Å². The number of fused-ring (bicyclic) bond motifs is 1. The normalized spacial score (nSPS) is 10.8. The number of nitrogens with zero attached hydrogens (tertiary/aromatic N) is 3. The lowest BCUT2D eigenvalue weighted by molar-refractivity contribution is 0.307. The van der Waals surface area contributed by atoms with Gasteiger partial charge in [-0.25, -0.2) is 0 Å². The van der Waals surface area contributed by atoms with E-state index in [0.717, 1.165) is 69.7 Å². The highest BCUT2D eigenvalue weighted by atomic mass is 16.5. The molecule has 0 bridgehead atoms. The van der Waals surface area contributed by atoms with Crippen LogP contribution in [0.15, 0.2) is 85.5 Å². The summed E-state index contributed by atoms with van der Waals surface area (Å²) in [6.45, 7) is 2.74. The number of ether oxygens (including phenoxy) is 1. The van der Waals surface area contributed by atoms with Crippen LogP contribution in [0, 0.1) is 18.3 Å². The van der Waals surface area contributed by atoms with Gasteiger partial charge >= 0.3 is 0 Å². The summed E-state index contributed by atoms with van der Waals surface area (Å²) in [5.41, 5.74) is 7.34. The summed E-state index contributed by atoms with van der Waals surface area (Å²) in [6, 6.07) is 22.4. The first-order chi connectivity index (χ1) is 17.7. The van der Waals surface area contributed by atoms with Crippen LogP contribution in [-0.2, 0) is 6.42 Å². The molecule has 0 radical (unpaired) electrons. The van der Waals surface area contributed by atoms with E-state index in [9.17, 15) is 5.26 Å². The van der Waals surface area contributed by atoms with E-state index in [1.165, 1.54) is 0 Å². The van der Waals surface area contributed by atoms with Crippen molar-refractivity contribution >= 4 is 22.3 Å². The predicted molar refractivity (Wildman–Crippen MR) is 143 cm³/mol. The molecular weight excluding hydrogens is 446 g/mol. The molecule has 5 rings (SSSR count). The second kappa shape index (κ2) is 10.7. The van der Waals surface area contributed by atoms with Crippen molar-refractivity contribution in [3.05, 3.63) is 102 Å². The lowest BCUT2D eigenvalue weighted by Crippen LogP contribution is -2.00. The molecule has 6 nitrogen and oxygen atoms in total. The van der Waals surface area contributed by atoms with Crippen LogP contribution in [0.5, 0.6) is 5.75 Å². The number of aromatic amines is 1. The number of rotatable bonds is 9. The monoisotopic (exact) mass is 473 g/mol. The molecule has 0 aliphatic carbocycles. The summed E-state index contributed by atoms with van der Waals surface area (Å²) in [6.07, 6.45) is 10.1. The van der Waals surface area contributed by atoms with E-state index >= 15 is 0 Å². The van der Waals surface area contributed by atoms with Gasteiger partial charge in [0.2, 0.25) is 0 Å². The molecule has 0 atom stereocenters. The second-order valence-electron chi connectivity index (χ2n) is 8.67. The van der Waals surface area contributed by atoms with Gasteiger partial charge in [-0.15, -0.1) is 0 Å². The van der Waals surface area contributed by atoms with Crippen LogP contribution in [0.3, 0.4) is 0 Å². The minimum Gasteiger partial charge on any atom is -0.494 e. The van der Waals surface area contributed by atoms with Crippen molar-refractivity contribution in [1.82, 2.24) is 15.0 Å². The Bertz CT molecular complexity index is 1500. The molecule has 2 N–H and O–H groups in total. The van der Waals surface area contributed by atoms with Gasteiger partial charge in [0.1, 0.15) is 11.8 Å². The van der Waals surface area contributed by atoms with Gasteiger partial charge in [0.15, 0.2) is 0 Å². The third-order valence-corrected chi connectivity index (χ3v) is 6.32. The maximum absolute atomic E-state index is 9.77. The van der Waals surface area contributed by atoms with Gasteiger partial charge in [0.25, 0.3) is 0 Å². The molecule has 178 valence electrons. The lowest BCUT2D eigenvalue weighted by Gasteiger charge is -2.16. The smallest absolute Gasteiger partial charge is 0.119 e. The number of aromatic nitrogens is 3. The first-order valence-corrected chi connectivity index (χ1v) is 12.1. The number of aryl methyl sites for hydroxylation is 2. The zero-order valence-electron chi connectivity index (χ0n) is 20.2. The van der Waals surface area contributed by atoms with Crippen LogP contribution in [0.25, 0.3) is 22.0 Å². The quantitative estimate of drug-likeness (QED) is 0.226. The largest absolute Gasteiger partial charge is 0.494 e. The van der Waals surface area contributed by atoms with E-state index in [2.05, 4.69) is 45.4 Å². The minimum absolute atomic E-state index is 0.495. The number of unbranched alkanes of at least 4 members (excludes halogenated alkanes) is 1. The van der Waals surface area contributed by atoms with Gasteiger partial charge in [0.05, 0.1) is 17.9 Å². The highest BCUT2D eigenvalue weighted by Crippen LogP contribution is 2.35. The molecule has 3 aromatic heterocycles. The first-order valence-electron chi connectivity index (χ1n) is 12.1. The Balaban J connectivity index is 1.29. The first kappa shape index (κ1) is 23.1. The number of H-pyrrole nitrogens is 1. The Morgan fingerprint density at radius 1 is 1.00 bits per heavy atom. The molecule has 36 heavy (non-hydrogen) atoms. The summed E-state index contributed by atoms with van der Waals surface area (Å²) in [4.78, 5) is 11.9. The summed E-state index contributed by atoms with van der Waals surface area (Å²) in [5.74, 6) is 0.823. The molecule has 6 heteroatoms. The molecule has 0 saturated heterocycles. The van der Waals surface area contributed by atoms with Crippen molar-refractivity contribution in [3.8, 4) is 22.9 Å². The molecule has 0 aliphatic rings. The Labute approximate surface area is 210 Å². The third kappa shape index (κ3) is 5.06. The number of benzene rings is 2. The molecule has 2 aromatic carbocycles. The van der Waals surface area contributed by atoms with Gasteiger partial charge < -0.3 is 15.0 Å². The fourth-order valence-corrected chi connectivity index (χ4v) is 4.33. The van der Waals surface area contributed by atoms with Gasteiger partial charge in [-0.1, -0.05) is 18.2 Å². The van der Waals surface area contributed by atoms with Crippen LogP contribution in [0.4, 0.5) is 11.4 Å². The maximum atomic E-state index is 9.77. The summed E-state index contributed by atoms with van der Waals surface area (Å²) >= 11 is 0. The molecule has 3 heterocycles. The molecule has 0 aliphatic heterocycles. The summed E-state index contributed by atoms with van der Waals surface area (Å²) < 4.78 is 5.95. The number of hydrogen-bond acceptors (Lipinski definition) is 5. The zero-order valence-corrected chi connectivity index (χ0v) is 20.2. The van der Waals surface area contributed by atoms with E-state index in [1.54, 1.807) is 12.4 Å². The highest BCUT2D eigenvalue weighted by Gasteiger charge is 2.14. The van der Waals surface area contributed by atoms with Gasteiger partial charge in [-0.3, -0.25) is 9.97 Å². The fraction of sp³-hybridized carbons (Fsp3) is 0.167. The van der Waals surface area contributed by atoms with Crippen LogP contribution in [0.1, 0.15) is 29.7 Å². The molecule has 0 saturated carbocycles. The van der Waals surface area contributed by atoms with Crippen LogP contribution >= 0.6 is 0 Å². The molecule has 0 fully saturated rings.